The van der Waals surface area contributed by atoms with Crippen LogP contribution in [0.25, 0.3) is 10.9 Å². The van der Waals surface area contributed by atoms with Gasteiger partial charge in [-0.2, -0.15) is 5.10 Å². The topological polar surface area (TPSA) is 89.1 Å². The molecule has 1 aliphatic rings. The Balaban J connectivity index is 1.52. The smallest absolute Gasteiger partial charge is 0.307 e. The second-order valence-corrected chi connectivity index (χ2v) is 6.40. The van der Waals surface area contributed by atoms with Gasteiger partial charge in [-0.05, 0) is 18.2 Å². The number of para-hydroxylation sites is 1. The van der Waals surface area contributed by atoms with Crippen LogP contribution in [0.1, 0.15) is 16.1 Å². The maximum absolute atomic E-state index is 12.6. The molecule has 1 fully saturated rings. The number of benzene rings is 1. The van der Waals surface area contributed by atoms with Gasteiger partial charge in [-0.1, -0.05) is 18.2 Å². The number of ether oxygens (including phenoxy) is 1. The van der Waals surface area contributed by atoms with E-state index in [0.717, 1.165) is 16.5 Å². The zero-order valence-corrected chi connectivity index (χ0v) is 15.2. The minimum absolute atomic E-state index is 0.0543. The van der Waals surface area contributed by atoms with E-state index in [2.05, 4.69) is 10.5 Å². The Morgan fingerprint density at radius 2 is 1.96 bits per heavy atom. The number of hydrogen-bond acceptors (Lipinski definition) is 5. The van der Waals surface area contributed by atoms with Crippen molar-refractivity contribution in [2.45, 2.75) is 6.54 Å². The van der Waals surface area contributed by atoms with E-state index < -0.39 is 5.91 Å². The molecule has 0 spiro atoms. The van der Waals surface area contributed by atoms with Crippen LogP contribution in [0, 0.1) is 0 Å². The van der Waals surface area contributed by atoms with Crippen LogP contribution < -0.4 is 5.43 Å². The summed E-state index contributed by atoms with van der Waals surface area (Å²) in [5.74, 6) is -0.179. The number of carbonyl (C=O) groups is 2. The number of nitrogens with zero attached hydrogens (tertiary/aromatic N) is 3. The number of hydrazone groups is 1. The van der Waals surface area contributed by atoms with Gasteiger partial charge in [0.1, 0.15) is 6.54 Å². The number of aromatic nitrogens is 1. The molecule has 8 nitrogen and oxygen atoms in total. The quantitative estimate of drug-likeness (QED) is 0.540. The Bertz CT molecular complexity index is 1000. The average molecular weight is 380 g/mol. The van der Waals surface area contributed by atoms with E-state index in [1.807, 2.05) is 39.9 Å². The van der Waals surface area contributed by atoms with E-state index in [-0.39, 0.29) is 18.2 Å². The molecular formula is C20H20N4O4. The van der Waals surface area contributed by atoms with Crippen molar-refractivity contribution in [3.8, 4) is 0 Å². The summed E-state index contributed by atoms with van der Waals surface area (Å²) in [5.41, 5.74) is 4.18. The van der Waals surface area contributed by atoms with E-state index >= 15 is 0 Å². The summed E-state index contributed by atoms with van der Waals surface area (Å²) in [7, 11) is 0. The minimum Gasteiger partial charge on any atom is -0.459 e. The molecule has 4 rings (SSSR count). The molecule has 0 aliphatic carbocycles. The van der Waals surface area contributed by atoms with Crippen LogP contribution in [0.3, 0.4) is 0 Å². The summed E-state index contributed by atoms with van der Waals surface area (Å²) >= 11 is 0. The van der Waals surface area contributed by atoms with Gasteiger partial charge in [-0.25, -0.2) is 5.43 Å². The lowest BCUT2D eigenvalue weighted by molar-refractivity contribution is -0.135. The number of morpholine rings is 1. The molecule has 8 heteroatoms. The Morgan fingerprint density at radius 3 is 2.75 bits per heavy atom. The Labute approximate surface area is 161 Å². The fraction of sp³-hybridized carbons (Fsp3) is 0.250. The molecular weight excluding hydrogens is 360 g/mol. The van der Waals surface area contributed by atoms with Gasteiger partial charge >= 0.3 is 5.91 Å². The van der Waals surface area contributed by atoms with Crippen LogP contribution >= 0.6 is 0 Å². The van der Waals surface area contributed by atoms with Crippen LogP contribution in [-0.4, -0.2) is 53.8 Å². The van der Waals surface area contributed by atoms with Gasteiger partial charge in [-0.15, -0.1) is 0 Å². The molecule has 28 heavy (non-hydrogen) atoms. The van der Waals surface area contributed by atoms with Crippen LogP contribution in [0.4, 0.5) is 0 Å². The fourth-order valence-electron chi connectivity index (χ4n) is 3.19. The van der Waals surface area contributed by atoms with Crippen molar-refractivity contribution in [3.63, 3.8) is 0 Å². The predicted molar refractivity (Wildman–Crippen MR) is 103 cm³/mol. The molecule has 144 valence electrons. The van der Waals surface area contributed by atoms with E-state index in [1.54, 1.807) is 18.3 Å². The van der Waals surface area contributed by atoms with Crippen molar-refractivity contribution >= 4 is 28.9 Å². The second kappa shape index (κ2) is 8.10. The highest BCUT2D eigenvalue weighted by Crippen LogP contribution is 2.20. The summed E-state index contributed by atoms with van der Waals surface area (Å²) in [6.45, 7) is 2.63. The summed E-state index contributed by atoms with van der Waals surface area (Å²) in [6, 6.07) is 11.0. The summed E-state index contributed by atoms with van der Waals surface area (Å²) in [5, 5.41) is 4.97. The average Bonchev–Trinajstić information content (AvgIpc) is 3.38. The number of nitrogens with one attached hydrogen (secondary N) is 1. The third kappa shape index (κ3) is 3.81. The van der Waals surface area contributed by atoms with Crippen molar-refractivity contribution < 1.29 is 18.7 Å². The molecule has 1 aliphatic heterocycles. The Hall–Kier alpha value is -3.39. The lowest BCUT2D eigenvalue weighted by Crippen LogP contribution is -2.42. The molecule has 3 aromatic rings. The number of amides is 2. The standard InChI is InChI=1S/C20H20N4O4/c25-19(23-7-10-27-11-8-23)14-24-13-15(16-4-1-2-5-17(16)24)12-21-22-20(26)18-6-3-9-28-18/h1-6,9,12-13H,7-8,10-11,14H2,(H,22,26)/b21-12+. The molecule has 0 atom stereocenters. The van der Waals surface area contributed by atoms with Gasteiger partial charge in [0.15, 0.2) is 5.76 Å². The third-order valence-electron chi connectivity index (χ3n) is 4.60. The molecule has 3 heterocycles. The summed E-state index contributed by atoms with van der Waals surface area (Å²) in [4.78, 5) is 26.3. The molecule has 1 aromatic carbocycles. The van der Waals surface area contributed by atoms with Crippen molar-refractivity contribution in [2.24, 2.45) is 5.10 Å². The maximum Gasteiger partial charge on any atom is 0.307 e. The number of carbonyl (C=O) groups excluding carboxylic acids is 2. The molecule has 0 radical (unpaired) electrons. The van der Waals surface area contributed by atoms with Crippen molar-refractivity contribution in [1.29, 1.82) is 0 Å². The van der Waals surface area contributed by atoms with E-state index in [4.69, 9.17) is 9.15 Å². The molecule has 1 saturated heterocycles. The molecule has 0 bridgehead atoms. The molecule has 2 aromatic heterocycles. The number of furan rings is 1. The Kier molecular flexibility index (Phi) is 5.20. The first-order chi connectivity index (χ1) is 13.7. The number of hydrogen-bond donors (Lipinski definition) is 1. The highest BCUT2D eigenvalue weighted by molar-refractivity contribution is 6.00. The lowest BCUT2D eigenvalue weighted by Gasteiger charge is -2.27. The summed E-state index contributed by atoms with van der Waals surface area (Å²) in [6.07, 6.45) is 4.86. The first-order valence-corrected chi connectivity index (χ1v) is 9.02. The molecule has 1 N–H and O–H groups in total. The monoisotopic (exact) mass is 380 g/mol. The molecule has 0 saturated carbocycles. The molecule has 0 unspecified atom stereocenters. The minimum atomic E-state index is -0.424. The van der Waals surface area contributed by atoms with Crippen LogP contribution in [0.15, 0.2) is 58.4 Å². The highest BCUT2D eigenvalue weighted by atomic mass is 16.5. The Morgan fingerprint density at radius 1 is 1.14 bits per heavy atom. The van der Waals surface area contributed by atoms with E-state index in [0.29, 0.717) is 26.3 Å². The van der Waals surface area contributed by atoms with Crippen LogP contribution in [0.5, 0.6) is 0 Å². The zero-order chi connectivity index (χ0) is 19.3. The van der Waals surface area contributed by atoms with Gasteiger partial charge < -0.3 is 18.6 Å². The lowest BCUT2D eigenvalue weighted by atomic mass is 10.2. The van der Waals surface area contributed by atoms with Gasteiger partial charge in [0.2, 0.25) is 5.91 Å². The molecule has 2 amide bonds. The maximum atomic E-state index is 12.6. The number of rotatable bonds is 5. The SMILES string of the molecule is O=C(N/N=C/c1cn(CC(=O)N2CCOCC2)c2ccccc12)c1ccco1. The van der Waals surface area contributed by atoms with Crippen molar-refractivity contribution in [3.05, 3.63) is 60.2 Å². The number of fused-ring (bicyclic) bond motifs is 1. The second-order valence-electron chi connectivity index (χ2n) is 6.40. The van der Waals surface area contributed by atoms with Gasteiger partial charge in [0, 0.05) is 35.8 Å². The summed E-state index contributed by atoms with van der Waals surface area (Å²) < 4.78 is 12.2. The fourth-order valence-corrected chi connectivity index (χ4v) is 3.19. The van der Waals surface area contributed by atoms with Crippen molar-refractivity contribution in [2.75, 3.05) is 26.3 Å². The first-order valence-electron chi connectivity index (χ1n) is 9.02. The normalized spacial score (nSPS) is 14.6. The predicted octanol–water partition coefficient (Wildman–Crippen LogP) is 1.86. The van der Waals surface area contributed by atoms with Gasteiger partial charge in [0.25, 0.3) is 0 Å². The van der Waals surface area contributed by atoms with Gasteiger partial charge in [-0.3, -0.25) is 9.59 Å². The van der Waals surface area contributed by atoms with Crippen LogP contribution in [-0.2, 0) is 16.1 Å². The van der Waals surface area contributed by atoms with Crippen molar-refractivity contribution in [1.82, 2.24) is 14.9 Å². The van der Waals surface area contributed by atoms with Crippen LogP contribution in [0.2, 0.25) is 0 Å². The first kappa shape index (κ1) is 18.0. The zero-order valence-electron chi connectivity index (χ0n) is 15.2. The largest absolute Gasteiger partial charge is 0.459 e. The van der Waals surface area contributed by atoms with E-state index in [1.165, 1.54) is 6.26 Å². The van der Waals surface area contributed by atoms with Gasteiger partial charge in [0.05, 0.1) is 25.7 Å². The van der Waals surface area contributed by atoms with E-state index in [9.17, 15) is 9.59 Å². The third-order valence-corrected chi connectivity index (χ3v) is 4.60. The highest BCUT2D eigenvalue weighted by Gasteiger charge is 2.18.